The highest BCUT2D eigenvalue weighted by molar-refractivity contribution is 6.30. The van der Waals surface area contributed by atoms with Crippen LogP contribution in [0.1, 0.15) is 32.9 Å². The van der Waals surface area contributed by atoms with E-state index >= 15 is 0 Å². The Balaban J connectivity index is 1.84. The second kappa shape index (κ2) is 9.32. The van der Waals surface area contributed by atoms with Crippen molar-refractivity contribution in [1.82, 2.24) is 15.3 Å². The molecule has 0 spiro atoms. The van der Waals surface area contributed by atoms with E-state index in [2.05, 4.69) is 5.48 Å². The topological polar surface area (TPSA) is 65.4 Å². The van der Waals surface area contributed by atoms with Crippen LogP contribution in [0.2, 0.25) is 5.02 Å². The van der Waals surface area contributed by atoms with Crippen molar-refractivity contribution >= 4 is 17.6 Å². The molecule has 0 unspecified atom stereocenters. The van der Waals surface area contributed by atoms with Gasteiger partial charge in [-0.2, -0.15) is 5.10 Å². The van der Waals surface area contributed by atoms with Crippen molar-refractivity contribution in [2.75, 3.05) is 7.11 Å². The first-order valence-corrected chi connectivity index (χ1v) is 10.1. The molecule has 0 saturated carbocycles. The van der Waals surface area contributed by atoms with Crippen molar-refractivity contribution < 1.29 is 14.4 Å². The van der Waals surface area contributed by atoms with E-state index in [9.17, 15) is 4.79 Å². The minimum atomic E-state index is -0.322. The highest BCUT2D eigenvalue weighted by atomic mass is 35.5. The molecule has 0 atom stereocenters. The van der Waals surface area contributed by atoms with Crippen molar-refractivity contribution in [3.8, 4) is 22.7 Å². The summed E-state index contributed by atoms with van der Waals surface area (Å²) in [5.41, 5.74) is 6.02. The minimum absolute atomic E-state index is 0.225. The lowest BCUT2D eigenvalue weighted by Gasteiger charge is -2.18. The van der Waals surface area contributed by atoms with Crippen LogP contribution in [0.4, 0.5) is 0 Å². The molecule has 0 aliphatic heterocycles. The summed E-state index contributed by atoms with van der Waals surface area (Å²) in [7, 11) is 1.63. The molecule has 1 N–H and O–H groups in total. The molecule has 30 heavy (non-hydrogen) atoms. The first-order chi connectivity index (χ1) is 14.2. The molecule has 158 valence electrons. The van der Waals surface area contributed by atoms with Gasteiger partial charge in [-0.15, -0.1) is 5.48 Å². The number of hydroxylamine groups is 1. The molecule has 0 aliphatic carbocycles. The Kier molecular flexibility index (Phi) is 6.80. The standard InChI is InChI=1S/C23H26ClN3O3/c1-23(2,3)26-30-22(28)14-9-18-15-21(16-5-7-17(24)8-6-16)27(25-18)19-10-12-20(29-4)13-11-19/h5-8,10-13,15,26H,9,14H2,1-4H3. The number of hydrogen-bond donors (Lipinski definition) is 1. The third-order valence-corrected chi connectivity index (χ3v) is 4.53. The third kappa shape index (κ3) is 5.84. The van der Waals surface area contributed by atoms with Crippen LogP contribution in [-0.4, -0.2) is 28.4 Å². The van der Waals surface area contributed by atoms with E-state index in [4.69, 9.17) is 26.3 Å². The summed E-state index contributed by atoms with van der Waals surface area (Å²) in [6, 6.07) is 17.2. The number of nitrogens with one attached hydrogen (secondary N) is 1. The number of benzene rings is 2. The van der Waals surface area contributed by atoms with E-state index in [1.54, 1.807) is 7.11 Å². The van der Waals surface area contributed by atoms with Crippen LogP contribution < -0.4 is 10.2 Å². The zero-order valence-corrected chi connectivity index (χ0v) is 18.4. The summed E-state index contributed by atoms with van der Waals surface area (Å²) in [6.45, 7) is 5.78. The Bertz CT molecular complexity index is 990. The van der Waals surface area contributed by atoms with Crippen molar-refractivity contribution in [3.05, 3.63) is 65.3 Å². The molecule has 1 heterocycles. The molecule has 7 heteroatoms. The molecular formula is C23H26ClN3O3. The number of aromatic nitrogens is 2. The predicted molar refractivity (Wildman–Crippen MR) is 118 cm³/mol. The average molecular weight is 428 g/mol. The van der Waals surface area contributed by atoms with Gasteiger partial charge in [0.15, 0.2) is 0 Å². The van der Waals surface area contributed by atoms with Crippen molar-refractivity contribution in [2.45, 2.75) is 39.2 Å². The minimum Gasteiger partial charge on any atom is -0.497 e. The first kappa shape index (κ1) is 21.9. The van der Waals surface area contributed by atoms with Crippen molar-refractivity contribution in [2.24, 2.45) is 0 Å². The summed E-state index contributed by atoms with van der Waals surface area (Å²) in [6.07, 6.45) is 0.692. The molecule has 3 rings (SSSR count). The number of ether oxygens (including phenoxy) is 1. The number of nitrogens with zero attached hydrogens (tertiary/aromatic N) is 2. The Hall–Kier alpha value is -2.83. The molecule has 0 radical (unpaired) electrons. The number of methoxy groups -OCH3 is 1. The second-order valence-electron chi connectivity index (χ2n) is 7.96. The number of hydrogen-bond acceptors (Lipinski definition) is 5. The molecule has 0 fully saturated rings. The van der Waals surface area contributed by atoms with Crippen LogP contribution in [0, 0.1) is 0 Å². The lowest BCUT2D eigenvalue weighted by atomic mass is 10.1. The SMILES string of the molecule is COc1ccc(-n2nc(CCC(=O)ONC(C)(C)C)cc2-c2ccc(Cl)cc2)cc1. The maximum atomic E-state index is 12.1. The predicted octanol–water partition coefficient (Wildman–Crippen LogP) is 4.98. The number of carbonyl (C=O) groups excluding carboxylic acids is 1. The van der Waals surface area contributed by atoms with Gasteiger partial charge in [-0.3, -0.25) is 4.79 Å². The summed E-state index contributed by atoms with van der Waals surface area (Å²) >= 11 is 6.05. The highest BCUT2D eigenvalue weighted by Crippen LogP contribution is 2.27. The van der Waals surface area contributed by atoms with Gasteiger partial charge in [0.2, 0.25) is 0 Å². The fourth-order valence-electron chi connectivity index (χ4n) is 2.79. The Morgan fingerprint density at radius 1 is 1.10 bits per heavy atom. The third-order valence-electron chi connectivity index (χ3n) is 4.27. The van der Waals surface area contributed by atoms with Crippen LogP contribution in [0.15, 0.2) is 54.6 Å². The Labute approximate surface area is 181 Å². The molecule has 0 bridgehead atoms. The van der Waals surface area contributed by atoms with Crippen molar-refractivity contribution in [1.29, 1.82) is 0 Å². The van der Waals surface area contributed by atoms with Gasteiger partial charge < -0.3 is 9.57 Å². The first-order valence-electron chi connectivity index (χ1n) is 9.71. The summed E-state index contributed by atoms with van der Waals surface area (Å²) < 4.78 is 7.11. The summed E-state index contributed by atoms with van der Waals surface area (Å²) in [5.74, 6) is 0.449. The van der Waals surface area contributed by atoms with E-state index in [1.807, 2.05) is 80.1 Å². The zero-order valence-electron chi connectivity index (χ0n) is 17.6. The zero-order chi connectivity index (χ0) is 21.7. The van der Waals surface area contributed by atoms with Gasteiger partial charge in [0.05, 0.1) is 30.6 Å². The molecule has 6 nitrogen and oxygen atoms in total. The lowest BCUT2D eigenvalue weighted by Crippen LogP contribution is -2.37. The molecule has 0 aliphatic rings. The van der Waals surface area contributed by atoms with E-state index in [1.165, 1.54) is 0 Å². The smallest absolute Gasteiger partial charge is 0.325 e. The molecule has 1 aromatic heterocycles. The molecule has 3 aromatic rings. The number of rotatable bonds is 7. The normalized spacial score (nSPS) is 11.4. The molecule has 0 amide bonds. The number of carbonyl (C=O) groups is 1. The van der Waals surface area contributed by atoms with Gasteiger partial charge >= 0.3 is 5.97 Å². The second-order valence-corrected chi connectivity index (χ2v) is 8.40. The van der Waals surface area contributed by atoms with Crippen LogP contribution >= 0.6 is 11.6 Å². The number of halogens is 1. The van der Waals surface area contributed by atoms with Crippen LogP contribution in [0.3, 0.4) is 0 Å². The fraction of sp³-hybridized carbons (Fsp3) is 0.304. The van der Waals surface area contributed by atoms with Gasteiger partial charge in [-0.1, -0.05) is 23.7 Å². The van der Waals surface area contributed by atoms with Gasteiger partial charge in [0, 0.05) is 22.5 Å². The van der Waals surface area contributed by atoms with Gasteiger partial charge in [-0.05, 0) is 63.2 Å². The van der Waals surface area contributed by atoms with Crippen LogP contribution in [0.5, 0.6) is 5.75 Å². The average Bonchev–Trinajstić information content (AvgIpc) is 3.15. The maximum Gasteiger partial charge on any atom is 0.325 e. The van der Waals surface area contributed by atoms with E-state index in [0.29, 0.717) is 11.4 Å². The lowest BCUT2D eigenvalue weighted by molar-refractivity contribution is -0.155. The van der Waals surface area contributed by atoms with E-state index in [0.717, 1.165) is 28.4 Å². The summed E-state index contributed by atoms with van der Waals surface area (Å²) in [5, 5.41) is 5.40. The van der Waals surface area contributed by atoms with E-state index in [-0.39, 0.29) is 17.9 Å². The van der Waals surface area contributed by atoms with Gasteiger partial charge in [0.1, 0.15) is 5.75 Å². The molecule has 2 aromatic carbocycles. The Morgan fingerprint density at radius 3 is 2.37 bits per heavy atom. The van der Waals surface area contributed by atoms with Crippen molar-refractivity contribution in [3.63, 3.8) is 0 Å². The quantitative estimate of drug-likeness (QED) is 0.538. The fourth-order valence-corrected chi connectivity index (χ4v) is 2.92. The highest BCUT2D eigenvalue weighted by Gasteiger charge is 2.16. The van der Waals surface area contributed by atoms with Crippen LogP contribution in [-0.2, 0) is 16.1 Å². The van der Waals surface area contributed by atoms with Gasteiger partial charge in [0.25, 0.3) is 0 Å². The van der Waals surface area contributed by atoms with Crippen LogP contribution in [0.25, 0.3) is 16.9 Å². The largest absolute Gasteiger partial charge is 0.497 e. The molecule has 0 saturated heterocycles. The van der Waals surface area contributed by atoms with Gasteiger partial charge in [-0.25, -0.2) is 4.68 Å². The monoisotopic (exact) mass is 427 g/mol. The Morgan fingerprint density at radius 2 is 1.77 bits per heavy atom. The van der Waals surface area contributed by atoms with E-state index < -0.39 is 0 Å². The number of aryl methyl sites for hydroxylation is 1. The summed E-state index contributed by atoms with van der Waals surface area (Å²) in [4.78, 5) is 17.2. The maximum absolute atomic E-state index is 12.1. The molecular weight excluding hydrogens is 402 g/mol.